The molecule has 0 aliphatic rings. The first-order valence-corrected chi connectivity index (χ1v) is 8.42. The molecule has 7 heteroatoms. The van der Waals surface area contributed by atoms with E-state index in [-0.39, 0.29) is 18.0 Å². The molecule has 3 aromatic rings. The molecule has 4 N–H and O–H groups in total. The molecule has 0 saturated carbocycles. The number of carbonyl (C=O) groups excluding carboxylic acids is 1. The first-order valence-electron chi connectivity index (χ1n) is 7.61. The normalized spacial score (nSPS) is 10.6. The Hall–Kier alpha value is -2.77. The van der Waals surface area contributed by atoms with Crippen molar-refractivity contribution < 1.29 is 14.3 Å². The summed E-state index contributed by atoms with van der Waals surface area (Å²) >= 11 is 1.23. The van der Waals surface area contributed by atoms with E-state index in [0.717, 1.165) is 5.69 Å². The number of aliphatic hydroxyl groups excluding tert-OH is 1. The maximum atomic E-state index is 14.0. The fraction of sp³-hybridized carbons (Fsp3) is 0.111. The van der Waals surface area contributed by atoms with Crippen molar-refractivity contribution in [1.82, 2.24) is 4.98 Å². The van der Waals surface area contributed by atoms with Gasteiger partial charge in [0.05, 0.1) is 5.56 Å². The molecule has 1 aromatic carbocycles. The van der Waals surface area contributed by atoms with Gasteiger partial charge in [0.2, 0.25) is 0 Å². The van der Waals surface area contributed by atoms with Crippen LogP contribution in [-0.4, -0.2) is 22.6 Å². The number of aromatic nitrogens is 1. The Labute approximate surface area is 148 Å². The molecule has 0 bridgehead atoms. The number of hydrogen-bond donors (Lipinski definition) is 3. The number of amides is 1. The van der Waals surface area contributed by atoms with Gasteiger partial charge in [0.15, 0.2) is 0 Å². The Morgan fingerprint density at radius 3 is 2.76 bits per heavy atom. The standard InChI is InChI=1S/C18H16FN3O2S/c19-14-6-2-1-5-12(14)15-10-13(17(20)24)18(25-15)22-16-7-3-4-11(21-16)8-9-23/h1-7,10,23H,8-9H2,(H2,20,24)(H,21,22). The highest BCUT2D eigenvalue weighted by Crippen LogP contribution is 2.37. The van der Waals surface area contributed by atoms with Crippen molar-refractivity contribution in [1.29, 1.82) is 0 Å². The van der Waals surface area contributed by atoms with Crippen LogP contribution >= 0.6 is 11.3 Å². The molecular weight excluding hydrogens is 341 g/mol. The Morgan fingerprint density at radius 1 is 1.24 bits per heavy atom. The molecule has 0 fully saturated rings. The van der Waals surface area contributed by atoms with Crippen LogP contribution in [0.25, 0.3) is 10.4 Å². The molecule has 0 aliphatic heterocycles. The van der Waals surface area contributed by atoms with E-state index in [1.165, 1.54) is 17.4 Å². The molecule has 2 heterocycles. The van der Waals surface area contributed by atoms with Gasteiger partial charge in [0.25, 0.3) is 5.91 Å². The summed E-state index contributed by atoms with van der Waals surface area (Å²) in [5.41, 5.74) is 6.86. The molecule has 3 rings (SSSR count). The summed E-state index contributed by atoms with van der Waals surface area (Å²) in [5, 5.41) is 12.6. The van der Waals surface area contributed by atoms with Crippen molar-refractivity contribution in [3.8, 4) is 10.4 Å². The lowest BCUT2D eigenvalue weighted by atomic mass is 10.1. The predicted molar refractivity (Wildman–Crippen MR) is 96.5 cm³/mol. The van der Waals surface area contributed by atoms with Gasteiger partial charge in [-0.15, -0.1) is 11.3 Å². The van der Waals surface area contributed by atoms with Crippen molar-refractivity contribution >= 4 is 28.1 Å². The average Bonchev–Trinajstić information content (AvgIpc) is 3.00. The zero-order valence-electron chi connectivity index (χ0n) is 13.2. The number of aliphatic hydroxyl groups is 1. The van der Waals surface area contributed by atoms with Crippen LogP contribution in [0.15, 0.2) is 48.5 Å². The number of thiophene rings is 1. The minimum absolute atomic E-state index is 0.000572. The molecule has 0 aliphatic carbocycles. The summed E-state index contributed by atoms with van der Waals surface area (Å²) in [7, 11) is 0. The number of carbonyl (C=O) groups is 1. The van der Waals surface area contributed by atoms with E-state index in [2.05, 4.69) is 10.3 Å². The van der Waals surface area contributed by atoms with Crippen LogP contribution in [0.4, 0.5) is 15.2 Å². The number of nitrogens with zero attached hydrogens (tertiary/aromatic N) is 1. The largest absolute Gasteiger partial charge is 0.396 e. The SMILES string of the molecule is NC(=O)c1cc(-c2ccccc2F)sc1Nc1cccc(CCO)n1. The lowest BCUT2D eigenvalue weighted by molar-refractivity contribution is 0.100. The average molecular weight is 357 g/mol. The van der Waals surface area contributed by atoms with Crippen molar-refractivity contribution in [3.05, 3.63) is 65.6 Å². The van der Waals surface area contributed by atoms with Gasteiger partial charge in [-0.2, -0.15) is 0 Å². The lowest BCUT2D eigenvalue weighted by Gasteiger charge is -2.06. The topological polar surface area (TPSA) is 88.2 Å². The molecule has 1 amide bonds. The van der Waals surface area contributed by atoms with E-state index in [1.54, 1.807) is 42.5 Å². The van der Waals surface area contributed by atoms with Crippen LogP contribution in [-0.2, 0) is 6.42 Å². The summed E-state index contributed by atoms with van der Waals surface area (Å²) in [5.74, 6) is -0.447. The molecule has 5 nitrogen and oxygen atoms in total. The number of anilines is 2. The molecule has 25 heavy (non-hydrogen) atoms. The van der Waals surface area contributed by atoms with Crippen LogP contribution in [0.3, 0.4) is 0 Å². The number of nitrogens with two attached hydrogens (primary N) is 1. The van der Waals surface area contributed by atoms with Crippen molar-refractivity contribution in [2.75, 3.05) is 11.9 Å². The van der Waals surface area contributed by atoms with Crippen LogP contribution in [0, 0.1) is 5.82 Å². The molecule has 0 spiro atoms. The fourth-order valence-electron chi connectivity index (χ4n) is 2.38. The van der Waals surface area contributed by atoms with Crippen LogP contribution in [0.1, 0.15) is 16.1 Å². The van der Waals surface area contributed by atoms with Crippen molar-refractivity contribution in [2.45, 2.75) is 6.42 Å². The quantitative estimate of drug-likeness (QED) is 0.631. The smallest absolute Gasteiger partial charge is 0.251 e. The maximum absolute atomic E-state index is 14.0. The minimum Gasteiger partial charge on any atom is -0.396 e. The molecule has 0 unspecified atom stereocenters. The number of pyridine rings is 1. The van der Waals surface area contributed by atoms with Crippen LogP contribution in [0.5, 0.6) is 0 Å². The third-order valence-electron chi connectivity index (χ3n) is 3.55. The summed E-state index contributed by atoms with van der Waals surface area (Å²) in [6, 6.07) is 13.3. The first kappa shape index (κ1) is 17.1. The molecule has 0 atom stereocenters. The Morgan fingerprint density at radius 2 is 2.04 bits per heavy atom. The van der Waals surface area contributed by atoms with Gasteiger partial charge in [-0.25, -0.2) is 9.37 Å². The van der Waals surface area contributed by atoms with Gasteiger partial charge in [-0.1, -0.05) is 24.3 Å². The van der Waals surface area contributed by atoms with E-state index in [4.69, 9.17) is 10.8 Å². The second kappa shape index (κ2) is 7.42. The highest BCUT2D eigenvalue weighted by molar-refractivity contribution is 7.19. The maximum Gasteiger partial charge on any atom is 0.251 e. The summed E-state index contributed by atoms with van der Waals surface area (Å²) < 4.78 is 14.0. The van der Waals surface area contributed by atoms with E-state index < -0.39 is 5.91 Å². The number of halogens is 1. The third-order valence-corrected chi connectivity index (χ3v) is 4.64. The van der Waals surface area contributed by atoms with Gasteiger partial charge in [0.1, 0.15) is 16.6 Å². The van der Waals surface area contributed by atoms with Gasteiger partial charge in [-0.3, -0.25) is 4.79 Å². The van der Waals surface area contributed by atoms with Crippen molar-refractivity contribution in [2.24, 2.45) is 5.73 Å². The summed E-state index contributed by atoms with van der Waals surface area (Å²) in [6.45, 7) is -0.000572. The molecule has 0 radical (unpaired) electrons. The summed E-state index contributed by atoms with van der Waals surface area (Å²) in [4.78, 5) is 16.7. The number of rotatable bonds is 6. The Bertz CT molecular complexity index is 911. The highest BCUT2D eigenvalue weighted by atomic mass is 32.1. The van der Waals surface area contributed by atoms with E-state index in [1.807, 2.05) is 0 Å². The first-order chi connectivity index (χ1) is 12.1. The number of benzene rings is 1. The molecule has 2 aromatic heterocycles. The molecule has 0 saturated heterocycles. The minimum atomic E-state index is -0.604. The van der Waals surface area contributed by atoms with Crippen molar-refractivity contribution in [3.63, 3.8) is 0 Å². The highest BCUT2D eigenvalue weighted by Gasteiger charge is 2.17. The van der Waals surface area contributed by atoms with E-state index in [9.17, 15) is 9.18 Å². The zero-order chi connectivity index (χ0) is 17.8. The zero-order valence-corrected chi connectivity index (χ0v) is 14.0. The predicted octanol–water partition coefficient (Wildman–Crippen LogP) is 3.33. The number of nitrogens with one attached hydrogen (secondary N) is 1. The Kier molecular flexibility index (Phi) is 5.06. The van der Waals surface area contributed by atoms with Gasteiger partial charge in [0, 0.05) is 29.2 Å². The summed E-state index contributed by atoms with van der Waals surface area (Å²) in [6.07, 6.45) is 0.434. The van der Waals surface area contributed by atoms with Crippen LogP contribution < -0.4 is 11.1 Å². The van der Waals surface area contributed by atoms with E-state index >= 15 is 0 Å². The second-order valence-electron chi connectivity index (χ2n) is 5.31. The number of hydrogen-bond acceptors (Lipinski definition) is 5. The third kappa shape index (κ3) is 3.84. The number of primary amides is 1. The van der Waals surface area contributed by atoms with Gasteiger partial charge < -0.3 is 16.2 Å². The fourth-order valence-corrected chi connectivity index (χ4v) is 3.48. The van der Waals surface area contributed by atoms with Gasteiger partial charge >= 0.3 is 0 Å². The lowest BCUT2D eigenvalue weighted by Crippen LogP contribution is -2.11. The van der Waals surface area contributed by atoms with Gasteiger partial charge in [-0.05, 0) is 24.3 Å². The van der Waals surface area contributed by atoms with E-state index in [0.29, 0.717) is 27.7 Å². The van der Waals surface area contributed by atoms with Crippen LogP contribution in [0.2, 0.25) is 0 Å². The molecule has 128 valence electrons. The second-order valence-corrected chi connectivity index (χ2v) is 6.36. The molecular formula is C18H16FN3O2S. The Balaban J connectivity index is 1.97. The monoisotopic (exact) mass is 357 g/mol.